The number of ether oxygens (including phenoxy) is 1. The molecule has 16 heavy (non-hydrogen) atoms. The van der Waals surface area contributed by atoms with Gasteiger partial charge in [-0.15, -0.1) is 0 Å². The van der Waals surface area contributed by atoms with Gasteiger partial charge in [0.15, 0.2) is 0 Å². The number of aryl methyl sites for hydroxylation is 1. The van der Waals surface area contributed by atoms with Crippen LogP contribution in [-0.4, -0.2) is 19.2 Å². The highest BCUT2D eigenvalue weighted by Gasteiger charge is 2.17. The van der Waals surface area contributed by atoms with E-state index in [2.05, 4.69) is 44.3 Å². The summed E-state index contributed by atoms with van der Waals surface area (Å²) in [6.45, 7) is 8.60. The lowest BCUT2D eigenvalue weighted by molar-refractivity contribution is 0.221. The summed E-state index contributed by atoms with van der Waals surface area (Å²) in [6.07, 6.45) is 1.46. The van der Waals surface area contributed by atoms with Crippen LogP contribution in [0.15, 0.2) is 18.2 Å². The average molecular weight is 219 g/mol. The number of rotatable bonds is 3. The maximum absolute atomic E-state index is 6.03. The highest BCUT2D eigenvalue weighted by atomic mass is 16.5. The third-order valence-electron chi connectivity index (χ3n) is 3.19. The second-order valence-corrected chi connectivity index (χ2v) is 4.91. The standard InChI is InChI=1S/C14H21NO/c1-10(2)12-5-4-11(3)14(8-12)16-13-6-7-15-9-13/h4-5,8,10,13,15H,6-7,9H2,1-3H3/t13-/m0/s1. The van der Waals surface area contributed by atoms with Gasteiger partial charge in [0.25, 0.3) is 0 Å². The van der Waals surface area contributed by atoms with Crippen molar-refractivity contribution in [3.63, 3.8) is 0 Å². The smallest absolute Gasteiger partial charge is 0.122 e. The predicted octanol–water partition coefficient (Wildman–Crippen LogP) is 2.86. The van der Waals surface area contributed by atoms with Crippen molar-refractivity contribution in [2.75, 3.05) is 13.1 Å². The van der Waals surface area contributed by atoms with E-state index in [1.807, 2.05) is 0 Å². The Morgan fingerprint density at radius 3 is 2.81 bits per heavy atom. The molecule has 0 unspecified atom stereocenters. The van der Waals surface area contributed by atoms with E-state index in [1.54, 1.807) is 0 Å². The second-order valence-electron chi connectivity index (χ2n) is 4.91. The van der Waals surface area contributed by atoms with Gasteiger partial charge in [0.1, 0.15) is 11.9 Å². The topological polar surface area (TPSA) is 21.3 Å². The van der Waals surface area contributed by atoms with Crippen LogP contribution in [0, 0.1) is 6.92 Å². The second kappa shape index (κ2) is 4.88. The van der Waals surface area contributed by atoms with Gasteiger partial charge in [-0.05, 0) is 43.0 Å². The van der Waals surface area contributed by atoms with Crippen LogP contribution in [0.5, 0.6) is 5.75 Å². The Balaban J connectivity index is 2.14. The van der Waals surface area contributed by atoms with E-state index in [-0.39, 0.29) is 0 Å². The summed E-state index contributed by atoms with van der Waals surface area (Å²) in [6, 6.07) is 6.55. The van der Waals surface area contributed by atoms with Crippen molar-refractivity contribution in [2.24, 2.45) is 0 Å². The van der Waals surface area contributed by atoms with Crippen LogP contribution in [0.2, 0.25) is 0 Å². The lowest BCUT2D eigenvalue weighted by Crippen LogP contribution is -2.20. The van der Waals surface area contributed by atoms with E-state index in [4.69, 9.17) is 4.74 Å². The molecule has 1 aliphatic heterocycles. The van der Waals surface area contributed by atoms with Crippen LogP contribution in [0.4, 0.5) is 0 Å². The summed E-state index contributed by atoms with van der Waals surface area (Å²) in [5.74, 6) is 1.62. The van der Waals surface area contributed by atoms with Gasteiger partial charge >= 0.3 is 0 Å². The molecule has 1 N–H and O–H groups in total. The fourth-order valence-electron chi connectivity index (χ4n) is 2.01. The van der Waals surface area contributed by atoms with Gasteiger partial charge in [0, 0.05) is 6.54 Å². The maximum Gasteiger partial charge on any atom is 0.122 e. The van der Waals surface area contributed by atoms with Crippen LogP contribution in [0.3, 0.4) is 0 Å². The largest absolute Gasteiger partial charge is 0.489 e. The number of hydrogen-bond acceptors (Lipinski definition) is 2. The first-order valence-electron chi connectivity index (χ1n) is 6.14. The third-order valence-corrected chi connectivity index (χ3v) is 3.19. The van der Waals surface area contributed by atoms with Crippen LogP contribution < -0.4 is 10.1 Å². The van der Waals surface area contributed by atoms with E-state index >= 15 is 0 Å². The third kappa shape index (κ3) is 2.56. The zero-order valence-corrected chi connectivity index (χ0v) is 10.4. The number of hydrogen-bond donors (Lipinski definition) is 1. The van der Waals surface area contributed by atoms with E-state index < -0.39 is 0 Å². The monoisotopic (exact) mass is 219 g/mol. The number of nitrogens with one attached hydrogen (secondary N) is 1. The van der Waals surface area contributed by atoms with E-state index in [0.29, 0.717) is 12.0 Å². The molecule has 2 heteroatoms. The summed E-state index contributed by atoms with van der Waals surface area (Å²) < 4.78 is 6.03. The van der Waals surface area contributed by atoms with Gasteiger partial charge < -0.3 is 10.1 Å². The molecule has 88 valence electrons. The van der Waals surface area contributed by atoms with E-state index in [1.165, 1.54) is 11.1 Å². The number of benzene rings is 1. The first kappa shape index (κ1) is 11.5. The highest BCUT2D eigenvalue weighted by Crippen LogP contribution is 2.25. The Labute approximate surface area is 98.0 Å². The summed E-state index contributed by atoms with van der Waals surface area (Å²) in [5.41, 5.74) is 2.59. The lowest BCUT2D eigenvalue weighted by Gasteiger charge is -2.16. The van der Waals surface area contributed by atoms with Crippen molar-refractivity contribution in [1.29, 1.82) is 0 Å². The molecule has 1 aromatic rings. The minimum Gasteiger partial charge on any atom is -0.489 e. The molecule has 0 spiro atoms. The molecule has 0 bridgehead atoms. The lowest BCUT2D eigenvalue weighted by atomic mass is 10.0. The van der Waals surface area contributed by atoms with Gasteiger partial charge in [-0.2, -0.15) is 0 Å². The van der Waals surface area contributed by atoms with Crippen molar-refractivity contribution in [3.8, 4) is 5.75 Å². The molecule has 1 fully saturated rings. The minimum absolute atomic E-state index is 0.348. The summed E-state index contributed by atoms with van der Waals surface area (Å²) in [7, 11) is 0. The van der Waals surface area contributed by atoms with E-state index in [9.17, 15) is 0 Å². The van der Waals surface area contributed by atoms with Gasteiger partial charge in [0.05, 0.1) is 0 Å². The minimum atomic E-state index is 0.348. The predicted molar refractivity (Wildman–Crippen MR) is 67.2 cm³/mol. The SMILES string of the molecule is Cc1ccc(C(C)C)cc1O[C@H]1CCNC1. The zero-order valence-electron chi connectivity index (χ0n) is 10.4. The summed E-state index contributed by atoms with van der Waals surface area (Å²) in [5, 5.41) is 3.32. The van der Waals surface area contributed by atoms with Crippen LogP contribution in [-0.2, 0) is 0 Å². The summed E-state index contributed by atoms with van der Waals surface area (Å²) in [4.78, 5) is 0. The molecule has 1 saturated heterocycles. The molecular weight excluding hydrogens is 198 g/mol. The van der Waals surface area contributed by atoms with Crippen molar-refractivity contribution >= 4 is 0 Å². The highest BCUT2D eigenvalue weighted by molar-refractivity contribution is 5.38. The molecule has 1 aromatic carbocycles. The van der Waals surface area contributed by atoms with Gasteiger partial charge in [-0.1, -0.05) is 26.0 Å². The van der Waals surface area contributed by atoms with Gasteiger partial charge in [0.2, 0.25) is 0 Å². The average Bonchev–Trinajstić information content (AvgIpc) is 2.73. The Hall–Kier alpha value is -1.02. The molecule has 0 amide bonds. The van der Waals surface area contributed by atoms with Crippen LogP contribution in [0.1, 0.15) is 37.3 Å². The molecule has 0 radical (unpaired) electrons. The fraction of sp³-hybridized carbons (Fsp3) is 0.571. The molecule has 0 aromatic heterocycles. The molecule has 1 heterocycles. The van der Waals surface area contributed by atoms with Crippen LogP contribution >= 0.6 is 0 Å². The molecule has 0 aliphatic carbocycles. The fourth-order valence-corrected chi connectivity index (χ4v) is 2.01. The van der Waals surface area contributed by atoms with Gasteiger partial charge in [-0.3, -0.25) is 0 Å². The van der Waals surface area contributed by atoms with E-state index in [0.717, 1.165) is 25.3 Å². The Morgan fingerprint density at radius 2 is 2.19 bits per heavy atom. The molecule has 1 aliphatic rings. The molecule has 0 saturated carbocycles. The quantitative estimate of drug-likeness (QED) is 0.844. The first-order chi connectivity index (χ1) is 7.66. The van der Waals surface area contributed by atoms with Crippen molar-refractivity contribution in [2.45, 2.75) is 39.2 Å². The first-order valence-corrected chi connectivity index (χ1v) is 6.14. The Bertz CT molecular complexity index is 354. The molecular formula is C14H21NO. The van der Waals surface area contributed by atoms with Gasteiger partial charge in [-0.25, -0.2) is 0 Å². The zero-order chi connectivity index (χ0) is 11.5. The maximum atomic E-state index is 6.03. The molecule has 2 rings (SSSR count). The van der Waals surface area contributed by atoms with Crippen LogP contribution in [0.25, 0.3) is 0 Å². The molecule has 2 nitrogen and oxygen atoms in total. The Morgan fingerprint density at radius 1 is 1.38 bits per heavy atom. The normalized spacial score (nSPS) is 20.4. The van der Waals surface area contributed by atoms with Crippen molar-refractivity contribution < 1.29 is 4.74 Å². The van der Waals surface area contributed by atoms with Crippen molar-refractivity contribution in [1.82, 2.24) is 5.32 Å². The summed E-state index contributed by atoms with van der Waals surface area (Å²) >= 11 is 0. The molecule has 1 atom stereocenters. The Kier molecular flexibility index (Phi) is 3.49. The van der Waals surface area contributed by atoms with Crippen molar-refractivity contribution in [3.05, 3.63) is 29.3 Å².